The number of hydrogen-bond acceptors (Lipinski definition) is 4. The number of carbonyl (C=O) groups is 1. The van der Waals surface area contributed by atoms with Crippen LogP contribution >= 0.6 is 0 Å². The third kappa shape index (κ3) is 3.37. The first-order valence-corrected chi connectivity index (χ1v) is 8.51. The summed E-state index contributed by atoms with van der Waals surface area (Å²) < 4.78 is 23.0. The van der Waals surface area contributed by atoms with Gasteiger partial charge in [-0.25, -0.2) is 8.42 Å². The minimum absolute atomic E-state index is 0.0672. The molecule has 2 N–H and O–H groups in total. The first kappa shape index (κ1) is 15.0. The van der Waals surface area contributed by atoms with E-state index in [1.165, 1.54) is 0 Å². The second-order valence-electron chi connectivity index (χ2n) is 5.21. The summed E-state index contributed by atoms with van der Waals surface area (Å²) >= 11 is 0. The predicted octanol–water partition coefficient (Wildman–Crippen LogP) is 0.447. The van der Waals surface area contributed by atoms with Gasteiger partial charge in [0.15, 0.2) is 9.84 Å². The molecule has 2 rings (SSSR count). The van der Waals surface area contributed by atoms with Crippen molar-refractivity contribution >= 4 is 15.7 Å². The third-order valence-electron chi connectivity index (χ3n) is 3.68. The fourth-order valence-corrected chi connectivity index (χ4v) is 4.25. The molecule has 0 aromatic heterocycles. The summed E-state index contributed by atoms with van der Waals surface area (Å²) in [7, 11) is -1.31. The van der Waals surface area contributed by atoms with Crippen molar-refractivity contribution in [3.63, 3.8) is 0 Å². The normalized spacial score (nSPS) is 20.8. The van der Waals surface area contributed by atoms with Crippen LogP contribution in [0.5, 0.6) is 0 Å². The van der Waals surface area contributed by atoms with Gasteiger partial charge < -0.3 is 10.6 Å². The Morgan fingerprint density at radius 1 is 1.45 bits per heavy atom. The molecule has 1 amide bonds. The molecule has 1 heterocycles. The Morgan fingerprint density at radius 3 is 2.80 bits per heavy atom. The second kappa shape index (κ2) is 5.93. The first-order chi connectivity index (χ1) is 9.43. The number of nitrogens with zero attached hydrogens (tertiary/aromatic N) is 1. The van der Waals surface area contributed by atoms with Crippen LogP contribution < -0.4 is 5.73 Å². The van der Waals surface area contributed by atoms with Crippen molar-refractivity contribution in [2.75, 3.05) is 25.1 Å². The maximum absolute atomic E-state index is 12.4. The van der Waals surface area contributed by atoms with Crippen molar-refractivity contribution in [3.8, 4) is 0 Å². The minimum atomic E-state index is -2.98. The molecule has 0 bridgehead atoms. The number of sulfone groups is 1. The predicted molar refractivity (Wildman–Crippen MR) is 78.4 cm³/mol. The molecule has 1 unspecified atom stereocenters. The zero-order chi connectivity index (χ0) is 14.8. The summed E-state index contributed by atoms with van der Waals surface area (Å²) in [4.78, 5) is 13.9. The molecular weight excluding hydrogens is 276 g/mol. The van der Waals surface area contributed by atoms with Crippen LogP contribution in [0.3, 0.4) is 0 Å². The molecule has 1 fully saturated rings. The number of benzene rings is 1. The summed E-state index contributed by atoms with van der Waals surface area (Å²) in [5.41, 5.74) is 7.12. The fraction of sp³-hybridized carbons (Fsp3) is 0.500. The molecule has 0 spiro atoms. The molecule has 0 aliphatic carbocycles. The highest BCUT2D eigenvalue weighted by Gasteiger charge is 2.32. The summed E-state index contributed by atoms with van der Waals surface area (Å²) in [6.45, 7) is 0.536. The molecule has 0 saturated carbocycles. The Balaban J connectivity index is 2.12. The van der Waals surface area contributed by atoms with Gasteiger partial charge in [0, 0.05) is 18.7 Å². The van der Waals surface area contributed by atoms with Gasteiger partial charge in [-0.1, -0.05) is 12.1 Å². The molecule has 0 radical (unpaired) electrons. The van der Waals surface area contributed by atoms with Crippen molar-refractivity contribution in [3.05, 3.63) is 35.4 Å². The number of amides is 1. The van der Waals surface area contributed by atoms with E-state index in [-0.39, 0.29) is 23.5 Å². The van der Waals surface area contributed by atoms with Crippen LogP contribution in [0.1, 0.15) is 22.3 Å². The molecule has 1 atom stereocenters. The van der Waals surface area contributed by atoms with Gasteiger partial charge in [-0.3, -0.25) is 4.79 Å². The van der Waals surface area contributed by atoms with Crippen molar-refractivity contribution in [1.29, 1.82) is 0 Å². The van der Waals surface area contributed by atoms with Gasteiger partial charge in [-0.05, 0) is 37.1 Å². The van der Waals surface area contributed by atoms with Crippen LogP contribution in [0.15, 0.2) is 24.3 Å². The summed E-state index contributed by atoms with van der Waals surface area (Å²) in [6.07, 6.45) is 1.25. The highest BCUT2D eigenvalue weighted by Crippen LogP contribution is 2.19. The second-order valence-corrected chi connectivity index (χ2v) is 7.44. The zero-order valence-corrected chi connectivity index (χ0v) is 12.4. The lowest BCUT2D eigenvalue weighted by atomic mass is 10.1. The van der Waals surface area contributed by atoms with E-state index < -0.39 is 9.84 Å². The van der Waals surface area contributed by atoms with Crippen LogP contribution in [0, 0.1) is 0 Å². The smallest absolute Gasteiger partial charge is 0.253 e. The highest BCUT2D eigenvalue weighted by atomic mass is 32.2. The Bertz CT molecular complexity index is 598. The number of nitrogens with two attached hydrogens (primary N) is 1. The Labute approximate surface area is 119 Å². The maximum atomic E-state index is 12.4. The molecule has 1 aromatic carbocycles. The van der Waals surface area contributed by atoms with Crippen LogP contribution in [-0.4, -0.2) is 50.4 Å². The molecule has 1 aromatic rings. The lowest BCUT2D eigenvalue weighted by molar-refractivity contribution is 0.0747. The Kier molecular flexibility index (Phi) is 4.45. The lowest BCUT2D eigenvalue weighted by Crippen LogP contribution is -2.37. The minimum Gasteiger partial charge on any atom is -0.338 e. The maximum Gasteiger partial charge on any atom is 0.253 e. The Morgan fingerprint density at radius 2 is 2.20 bits per heavy atom. The van der Waals surface area contributed by atoms with Gasteiger partial charge in [0.25, 0.3) is 5.91 Å². The SMILES string of the molecule is CN(C(=O)c1cccc(CCN)c1)C1CCS(=O)(=O)C1. The topological polar surface area (TPSA) is 80.5 Å². The van der Waals surface area contributed by atoms with Gasteiger partial charge in [-0.2, -0.15) is 0 Å². The van der Waals surface area contributed by atoms with Crippen LogP contribution in [-0.2, 0) is 16.3 Å². The number of rotatable bonds is 4. The third-order valence-corrected chi connectivity index (χ3v) is 5.43. The standard InChI is InChI=1S/C14H20N2O3S/c1-16(13-6-8-20(18,19)10-13)14(17)12-4-2-3-11(9-12)5-7-15/h2-4,9,13H,5-8,10,15H2,1H3. The fourth-order valence-electron chi connectivity index (χ4n) is 2.48. The van der Waals surface area contributed by atoms with Crippen molar-refractivity contribution in [1.82, 2.24) is 4.90 Å². The van der Waals surface area contributed by atoms with Gasteiger partial charge in [0.1, 0.15) is 0 Å². The van der Waals surface area contributed by atoms with Gasteiger partial charge in [0.2, 0.25) is 0 Å². The Hall–Kier alpha value is -1.40. The largest absolute Gasteiger partial charge is 0.338 e. The monoisotopic (exact) mass is 296 g/mol. The molecule has 6 heteroatoms. The van der Waals surface area contributed by atoms with E-state index in [0.29, 0.717) is 18.5 Å². The number of carbonyl (C=O) groups excluding carboxylic acids is 1. The molecular formula is C14H20N2O3S. The van der Waals surface area contributed by atoms with Gasteiger partial charge in [-0.15, -0.1) is 0 Å². The van der Waals surface area contributed by atoms with Gasteiger partial charge in [0.05, 0.1) is 11.5 Å². The average Bonchev–Trinajstić information content (AvgIpc) is 2.78. The summed E-state index contributed by atoms with van der Waals surface area (Å²) in [5.74, 6) is 0.103. The molecule has 20 heavy (non-hydrogen) atoms. The van der Waals surface area contributed by atoms with E-state index in [0.717, 1.165) is 12.0 Å². The lowest BCUT2D eigenvalue weighted by Gasteiger charge is -2.23. The van der Waals surface area contributed by atoms with Crippen LogP contribution in [0.25, 0.3) is 0 Å². The average molecular weight is 296 g/mol. The zero-order valence-electron chi connectivity index (χ0n) is 11.6. The molecule has 1 aliphatic rings. The molecule has 110 valence electrons. The van der Waals surface area contributed by atoms with Crippen LogP contribution in [0.2, 0.25) is 0 Å². The van der Waals surface area contributed by atoms with Crippen LogP contribution in [0.4, 0.5) is 0 Å². The van der Waals surface area contributed by atoms with Crippen molar-refractivity contribution in [2.24, 2.45) is 5.73 Å². The van der Waals surface area contributed by atoms with E-state index in [9.17, 15) is 13.2 Å². The first-order valence-electron chi connectivity index (χ1n) is 6.69. The van der Waals surface area contributed by atoms with Crippen molar-refractivity contribution < 1.29 is 13.2 Å². The molecule has 1 aliphatic heterocycles. The highest BCUT2D eigenvalue weighted by molar-refractivity contribution is 7.91. The summed E-state index contributed by atoms with van der Waals surface area (Å²) in [6, 6.07) is 7.13. The quantitative estimate of drug-likeness (QED) is 0.874. The number of hydrogen-bond donors (Lipinski definition) is 1. The summed E-state index contributed by atoms with van der Waals surface area (Å²) in [5, 5.41) is 0. The van der Waals surface area contributed by atoms with E-state index >= 15 is 0 Å². The van der Waals surface area contributed by atoms with Gasteiger partial charge >= 0.3 is 0 Å². The van der Waals surface area contributed by atoms with E-state index in [1.54, 1.807) is 18.0 Å². The van der Waals surface area contributed by atoms with Crippen molar-refractivity contribution in [2.45, 2.75) is 18.9 Å². The van der Waals surface area contributed by atoms with E-state index in [2.05, 4.69) is 0 Å². The van der Waals surface area contributed by atoms with E-state index in [4.69, 9.17) is 5.73 Å². The molecule has 1 saturated heterocycles. The van der Waals surface area contributed by atoms with E-state index in [1.807, 2.05) is 18.2 Å². The molecule has 5 nitrogen and oxygen atoms in total.